The van der Waals surface area contributed by atoms with Crippen molar-refractivity contribution >= 4 is 35.2 Å². The van der Waals surface area contributed by atoms with Gasteiger partial charge in [-0.3, -0.25) is 24.5 Å². The van der Waals surface area contributed by atoms with Crippen molar-refractivity contribution in [2.24, 2.45) is 7.05 Å². The lowest BCUT2D eigenvalue weighted by Gasteiger charge is -2.34. The van der Waals surface area contributed by atoms with Gasteiger partial charge in [-0.1, -0.05) is 28.8 Å². The van der Waals surface area contributed by atoms with Gasteiger partial charge < -0.3 is 5.32 Å². The predicted molar refractivity (Wildman–Crippen MR) is 133 cm³/mol. The highest BCUT2D eigenvalue weighted by Gasteiger charge is 2.30. The number of rotatable bonds is 6. The van der Waals surface area contributed by atoms with Crippen molar-refractivity contribution < 1.29 is 9.59 Å². The number of H-pyrrole nitrogens is 1. The fraction of sp³-hybridized carbons (Fsp3) is 0.261. The molecule has 1 fully saturated rings. The molecule has 4 heterocycles. The number of hydrogen-bond donors (Lipinski definition) is 3. The molecule has 0 spiro atoms. The second-order valence-corrected chi connectivity index (χ2v) is 8.70. The average molecular weight is 507 g/mol. The van der Waals surface area contributed by atoms with Gasteiger partial charge in [-0.05, 0) is 59.6 Å². The van der Waals surface area contributed by atoms with Crippen LogP contribution in [-0.4, -0.2) is 66.3 Å². The van der Waals surface area contributed by atoms with Crippen LogP contribution in [-0.2, 0) is 7.05 Å². The first-order chi connectivity index (χ1) is 17.5. The van der Waals surface area contributed by atoms with Gasteiger partial charge in [0, 0.05) is 30.9 Å². The number of hydrogen-bond acceptors (Lipinski definition) is 8. The van der Waals surface area contributed by atoms with E-state index in [2.05, 4.69) is 41.3 Å². The molecule has 184 valence electrons. The molecule has 0 bridgehead atoms. The quantitative estimate of drug-likeness (QED) is 0.361. The number of halogens is 1. The minimum atomic E-state index is -0.426. The molecule has 0 radical (unpaired) electrons. The lowest BCUT2D eigenvalue weighted by Crippen LogP contribution is -2.49. The van der Waals surface area contributed by atoms with Crippen molar-refractivity contribution in [2.45, 2.75) is 18.9 Å². The third-order valence-corrected chi connectivity index (χ3v) is 6.29. The molecule has 4 aromatic rings. The Labute approximate surface area is 211 Å². The third-order valence-electron chi connectivity index (χ3n) is 6.00. The van der Waals surface area contributed by atoms with Crippen LogP contribution in [0.2, 0.25) is 5.02 Å². The second kappa shape index (κ2) is 10.2. The largest absolute Gasteiger partial charge is 0.315 e. The summed E-state index contributed by atoms with van der Waals surface area (Å²) in [6.45, 7) is 1.57. The van der Waals surface area contributed by atoms with E-state index in [0.717, 1.165) is 24.9 Å². The zero-order valence-corrected chi connectivity index (χ0v) is 20.1. The Balaban J connectivity index is 1.43. The summed E-state index contributed by atoms with van der Waals surface area (Å²) in [5.41, 5.74) is 2.12. The third kappa shape index (κ3) is 4.68. The highest BCUT2D eigenvalue weighted by atomic mass is 35.5. The van der Waals surface area contributed by atoms with Gasteiger partial charge in [-0.15, -0.1) is 0 Å². The van der Waals surface area contributed by atoms with E-state index in [1.165, 1.54) is 4.68 Å². The number of carbonyl (C=O) groups is 2. The zero-order valence-electron chi connectivity index (χ0n) is 19.3. The van der Waals surface area contributed by atoms with Crippen LogP contribution in [0.4, 0.5) is 11.8 Å². The lowest BCUT2D eigenvalue weighted by molar-refractivity contribution is 0.0970. The van der Waals surface area contributed by atoms with Crippen LogP contribution in [0.5, 0.6) is 0 Å². The van der Waals surface area contributed by atoms with Crippen LogP contribution in [0.25, 0.3) is 11.1 Å². The molecular formula is C23H23ClN10O2. The van der Waals surface area contributed by atoms with E-state index in [9.17, 15) is 9.59 Å². The minimum Gasteiger partial charge on any atom is -0.315 e. The Bertz CT molecular complexity index is 1360. The number of pyridine rings is 1. The molecule has 0 unspecified atom stereocenters. The molecule has 1 aliphatic heterocycles. The number of aromatic nitrogens is 7. The smallest absolute Gasteiger partial charge is 0.276 e. The summed E-state index contributed by atoms with van der Waals surface area (Å²) < 4.78 is 1.47. The molecule has 3 aromatic heterocycles. The van der Waals surface area contributed by atoms with Crippen molar-refractivity contribution in [1.82, 2.24) is 40.7 Å². The molecule has 0 saturated carbocycles. The monoisotopic (exact) mass is 506 g/mol. The molecule has 1 aromatic carbocycles. The van der Waals surface area contributed by atoms with E-state index < -0.39 is 5.91 Å². The standard InChI is InChI=1S/C23H23ClN10O2/c1-33-19(21(35)28-23-29-31-32-30-23)17(13-27-33)14-6-8-15(9-7-14)22(36)34(16-4-2-10-25-12-16)20-18(24)5-3-11-26-20/h3,5-9,11,13,16,25H,2,4,10,12H2,1H3,(H2,28,29,30,31,32,35)/t16-/m1/s1. The summed E-state index contributed by atoms with van der Waals surface area (Å²) >= 11 is 6.44. The van der Waals surface area contributed by atoms with E-state index >= 15 is 0 Å². The SMILES string of the molecule is Cn1ncc(-c2ccc(C(=O)N(c3ncccc3Cl)[C@@H]3CCCNC3)cc2)c1C(=O)Nc1nnn[nH]1. The number of tetrazole rings is 1. The maximum Gasteiger partial charge on any atom is 0.276 e. The van der Waals surface area contributed by atoms with Gasteiger partial charge in [0.2, 0.25) is 5.95 Å². The van der Waals surface area contributed by atoms with Gasteiger partial charge in [0.1, 0.15) is 5.69 Å². The van der Waals surface area contributed by atoms with Crippen molar-refractivity contribution in [3.63, 3.8) is 0 Å². The first-order valence-electron chi connectivity index (χ1n) is 11.3. The first kappa shape index (κ1) is 23.6. The van der Waals surface area contributed by atoms with E-state index in [1.54, 1.807) is 60.7 Å². The second-order valence-electron chi connectivity index (χ2n) is 8.30. The highest BCUT2D eigenvalue weighted by molar-refractivity contribution is 6.33. The highest BCUT2D eigenvalue weighted by Crippen LogP contribution is 2.29. The van der Waals surface area contributed by atoms with Gasteiger partial charge >= 0.3 is 0 Å². The van der Waals surface area contributed by atoms with Crippen LogP contribution in [0.15, 0.2) is 48.8 Å². The van der Waals surface area contributed by atoms with Crippen molar-refractivity contribution in [3.8, 4) is 11.1 Å². The molecule has 36 heavy (non-hydrogen) atoms. The molecule has 1 atom stereocenters. The summed E-state index contributed by atoms with van der Waals surface area (Å²) in [6.07, 6.45) is 5.02. The summed E-state index contributed by atoms with van der Waals surface area (Å²) in [7, 11) is 1.67. The van der Waals surface area contributed by atoms with Crippen LogP contribution >= 0.6 is 11.6 Å². The molecule has 0 aliphatic carbocycles. The van der Waals surface area contributed by atoms with E-state index in [-0.39, 0.29) is 17.9 Å². The van der Waals surface area contributed by atoms with Crippen LogP contribution < -0.4 is 15.5 Å². The number of aryl methyl sites for hydroxylation is 1. The van der Waals surface area contributed by atoms with E-state index in [0.29, 0.717) is 34.2 Å². The number of anilines is 2. The average Bonchev–Trinajstić information content (AvgIpc) is 3.55. The van der Waals surface area contributed by atoms with Crippen LogP contribution in [0.1, 0.15) is 33.7 Å². The first-order valence-corrected chi connectivity index (χ1v) is 11.7. The Hall–Kier alpha value is -4.16. The topological polar surface area (TPSA) is 147 Å². The summed E-state index contributed by atoms with van der Waals surface area (Å²) in [5.74, 6) is -0.0593. The Kier molecular flexibility index (Phi) is 6.69. The van der Waals surface area contributed by atoms with Crippen LogP contribution in [0, 0.1) is 0 Å². The van der Waals surface area contributed by atoms with Crippen molar-refractivity contribution in [3.05, 3.63) is 65.1 Å². The molecule has 5 rings (SSSR count). The number of nitrogens with one attached hydrogen (secondary N) is 3. The number of piperidine rings is 1. The number of aromatic amines is 1. The fourth-order valence-electron chi connectivity index (χ4n) is 4.27. The Morgan fingerprint density at radius 2 is 2.06 bits per heavy atom. The number of amides is 2. The van der Waals surface area contributed by atoms with Crippen molar-refractivity contribution in [2.75, 3.05) is 23.3 Å². The maximum atomic E-state index is 13.7. The van der Waals surface area contributed by atoms with E-state index in [1.807, 2.05) is 0 Å². The summed E-state index contributed by atoms with van der Waals surface area (Å²) in [4.78, 5) is 32.6. The lowest BCUT2D eigenvalue weighted by atomic mass is 10.0. The molecule has 2 amide bonds. The molecule has 12 nitrogen and oxygen atoms in total. The number of nitrogens with zero attached hydrogens (tertiary/aromatic N) is 7. The van der Waals surface area contributed by atoms with Gasteiger partial charge in [0.25, 0.3) is 11.8 Å². The van der Waals surface area contributed by atoms with Crippen molar-refractivity contribution in [1.29, 1.82) is 0 Å². The molecule has 3 N–H and O–H groups in total. The summed E-state index contributed by atoms with van der Waals surface area (Å²) in [5, 5.41) is 23.7. The minimum absolute atomic E-state index is 0.0717. The zero-order chi connectivity index (χ0) is 25.1. The normalized spacial score (nSPS) is 15.4. The molecular weight excluding hydrogens is 484 g/mol. The van der Waals surface area contributed by atoms with Gasteiger partial charge in [0.15, 0.2) is 5.82 Å². The number of carbonyl (C=O) groups excluding carboxylic acids is 2. The van der Waals surface area contributed by atoms with Gasteiger partial charge in [-0.2, -0.15) is 5.10 Å². The summed E-state index contributed by atoms with van der Waals surface area (Å²) in [6, 6.07) is 10.4. The van der Waals surface area contributed by atoms with E-state index in [4.69, 9.17) is 11.6 Å². The maximum absolute atomic E-state index is 13.7. The molecule has 1 aliphatic rings. The van der Waals surface area contributed by atoms with Crippen LogP contribution in [0.3, 0.4) is 0 Å². The number of benzene rings is 1. The Morgan fingerprint density at radius 3 is 2.75 bits per heavy atom. The van der Waals surface area contributed by atoms with Gasteiger partial charge in [-0.25, -0.2) is 10.1 Å². The molecule has 1 saturated heterocycles. The fourth-order valence-corrected chi connectivity index (χ4v) is 4.48. The molecule has 13 heteroatoms. The predicted octanol–water partition coefficient (Wildman–Crippen LogP) is 2.30. The Morgan fingerprint density at radius 1 is 1.22 bits per heavy atom. The van der Waals surface area contributed by atoms with Gasteiger partial charge in [0.05, 0.1) is 17.3 Å².